The molecule has 1 saturated heterocycles. The standard InChI is InChI=1S/C15H31N3O/c1-12(2)8-13(10-16)9-15(19)17-11-14-6-4-5-7-18(14)3/h12-14H,4-11,16H2,1-3H3,(H,17,19). The number of amides is 1. The molecule has 19 heavy (non-hydrogen) atoms. The van der Waals surface area contributed by atoms with Crippen LogP contribution in [0.5, 0.6) is 0 Å². The Balaban J connectivity index is 2.26. The highest BCUT2D eigenvalue weighted by molar-refractivity contribution is 5.76. The molecule has 112 valence electrons. The Bertz CT molecular complexity index is 268. The van der Waals surface area contributed by atoms with Gasteiger partial charge < -0.3 is 16.0 Å². The van der Waals surface area contributed by atoms with Crippen molar-refractivity contribution >= 4 is 5.91 Å². The third-order valence-electron chi connectivity index (χ3n) is 4.07. The molecule has 4 nitrogen and oxygen atoms in total. The van der Waals surface area contributed by atoms with Gasteiger partial charge in [0.15, 0.2) is 0 Å². The van der Waals surface area contributed by atoms with E-state index >= 15 is 0 Å². The Labute approximate surface area is 118 Å². The first-order valence-electron chi connectivity index (χ1n) is 7.70. The van der Waals surface area contributed by atoms with Crippen LogP contribution in [-0.2, 0) is 4.79 Å². The number of likely N-dealkylation sites (tertiary alicyclic amines) is 1. The van der Waals surface area contributed by atoms with Crippen molar-refractivity contribution < 1.29 is 4.79 Å². The molecule has 1 fully saturated rings. The second kappa shape index (κ2) is 8.54. The number of carbonyl (C=O) groups is 1. The number of hydrogen-bond acceptors (Lipinski definition) is 3. The van der Waals surface area contributed by atoms with Crippen molar-refractivity contribution in [2.24, 2.45) is 17.6 Å². The first-order chi connectivity index (χ1) is 9.02. The topological polar surface area (TPSA) is 58.4 Å². The van der Waals surface area contributed by atoms with E-state index in [0.29, 0.717) is 30.8 Å². The van der Waals surface area contributed by atoms with Gasteiger partial charge in [-0.05, 0) is 51.2 Å². The second-order valence-corrected chi connectivity index (χ2v) is 6.37. The maximum absolute atomic E-state index is 12.0. The van der Waals surface area contributed by atoms with Crippen LogP contribution in [0.3, 0.4) is 0 Å². The lowest BCUT2D eigenvalue weighted by Crippen LogP contribution is -2.45. The molecular weight excluding hydrogens is 238 g/mol. The van der Waals surface area contributed by atoms with Crippen LogP contribution in [0.2, 0.25) is 0 Å². The van der Waals surface area contributed by atoms with Crippen LogP contribution in [0.4, 0.5) is 0 Å². The van der Waals surface area contributed by atoms with Gasteiger partial charge in [-0.25, -0.2) is 0 Å². The van der Waals surface area contributed by atoms with Crippen LogP contribution in [-0.4, -0.2) is 43.5 Å². The van der Waals surface area contributed by atoms with Crippen LogP contribution in [0.1, 0.15) is 46.0 Å². The van der Waals surface area contributed by atoms with E-state index in [0.717, 1.165) is 19.5 Å². The quantitative estimate of drug-likeness (QED) is 0.738. The minimum atomic E-state index is 0.162. The van der Waals surface area contributed by atoms with Crippen molar-refractivity contribution in [3.63, 3.8) is 0 Å². The maximum atomic E-state index is 12.0. The number of carbonyl (C=O) groups excluding carboxylic acids is 1. The van der Waals surface area contributed by atoms with Crippen molar-refractivity contribution in [3.05, 3.63) is 0 Å². The van der Waals surface area contributed by atoms with Crippen LogP contribution in [0.25, 0.3) is 0 Å². The molecule has 0 spiro atoms. The SMILES string of the molecule is CC(C)CC(CN)CC(=O)NCC1CCCCN1C. The number of nitrogens with one attached hydrogen (secondary N) is 1. The molecule has 0 aromatic carbocycles. The highest BCUT2D eigenvalue weighted by atomic mass is 16.1. The molecule has 1 amide bonds. The molecule has 0 aliphatic carbocycles. The summed E-state index contributed by atoms with van der Waals surface area (Å²) in [6.45, 7) is 6.90. The molecule has 4 heteroatoms. The molecule has 3 N–H and O–H groups in total. The third kappa shape index (κ3) is 6.39. The highest BCUT2D eigenvalue weighted by Crippen LogP contribution is 2.15. The lowest BCUT2D eigenvalue weighted by atomic mass is 9.94. The minimum Gasteiger partial charge on any atom is -0.355 e. The van der Waals surface area contributed by atoms with Crippen molar-refractivity contribution in [2.45, 2.75) is 52.0 Å². The van der Waals surface area contributed by atoms with Gasteiger partial charge in [0.25, 0.3) is 0 Å². The fourth-order valence-corrected chi connectivity index (χ4v) is 2.90. The summed E-state index contributed by atoms with van der Waals surface area (Å²) >= 11 is 0. The number of nitrogens with two attached hydrogens (primary N) is 1. The number of likely N-dealkylation sites (N-methyl/N-ethyl adjacent to an activating group) is 1. The smallest absolute Gasteiger partial charge is 0.220 e. The Kier molecular flexibility index (Phi) is 7.39. The van der Waals surface area contributed by atoms with E-state index in [9.17, 15) is 4.79 Å². The monoisotopic (exact) mass is 269 g/mol. The zero-order valence-electron chi connectivity index (χ0n) is 12.8. The van der Waals surface area contributed by atoms with Gasteiger partial charge in [-0.15, -0.1) is 0 Å². The third-order valence-corrected chi connectivity index (χ3v) is 4.07. The summed E-state index contributed by atoms with van der Waals surface area (Å²) in [5, 5.41) is 3.08. The fraction of sp³-hybridized carbons (Fsp3) is 0.933. The Hall–Kier alpha value is -0.610. The molecular formula is C15H31N3O. The molecule has 2 unspecified atom stereocenters. The molecule has 1 aliphatic rings. The summed E-state index contributed by atoms with van der Waals surface area (Å²) in [5.74, 6) is 1.09. The maximum Gasteiger partial charge on any atom is 0.220 e. The normalized spacial score (nSPS) is 22.5. The van der Waals surface area contributed by atoms with Gasteiger partial charge in [0.05, 0.1) is 0 Å². The van der Waals surface area contributed by atoms with Gasteiger partial charge in [0.2, 0.25) is 5.91 Å². The highest BCUT2D eigenvalue weighted by Gasteiger charge is 2.20. The van der Waals surface area contributed by atoms with E-state index in [1.807, 2.05) is 0 Å². The number of rotatable bonds is 7. The van der Waals surface area contributed by atoms with Crippen LogP contribution in [0.15, 0.2) is 0 Å². The van der Waals surface area contributed by atoms with Gasteiger partial charge in [-0.2, -0.15) is 0 Å². The van der Waals surface area contributed by atoms with Gasteiger partial charge in [0.1, 0.15) is 0 Å². The van der Waals surface area contributed by atoms with Gasteiger partial charge in [0, 0.05) is 19.0 Å². The fourth-order valence-electron chi connectivity index (χ4n) is 2.90. The number of hydrogen-bond donors (Lipinski definition) is 2. The zero-order valence-corrected chi connectivity index (χ0v) is 12.8. The molecule has 2 atom stereocenters. The summed E-state index contributed by atoms with van der Waals surface area (Å²) in [5.41, 5.74) is 5.74. The van der Waals surface area contributed by atoms with Gasteiger partial charge in [-0.1, -0.05) is 20.3 Å². The first kappa shape index (κ1) is 16.4. The molecule has 0 aromatic rings. The lowest BCUT2D eigenvalue weighted by molar-refractivity contribution is -0.122. The summed E-state index contributed by atoms with van der Waals surface area (Å²) in [4.78, 5) is 14.3. The average Bonchev–Trinajstić information content (AvgIpc) is 2.36. The summed E-state index contributed by atoms with van der Waals surface area (Å²) in [7, 11) is 2.15. The van der Waals surface area contributed by atoms with Crippen molar-refractivity contribution in [2.75, 3.05) is 26.7 Å². The van der Waals surface area contributed by atoms with E-state index < -0.39 is 0 Å². The second-order valence-electron chi connectivity index (χ2n) is 6.37. The molecule has 0 saturated carbocycles. The molecule has 0 bridgehead atoms. The van der Waals surface area contributed by atoms with Crippen molar-refractivity contribution in [1.29, 1.82) is 0 Å². The summed E-state index contributed by atoms with van der Waals surface area (Å²) < 4.78 is 0. The van der Waals surface area contributed by atoms with Gasteiger partial charge >= 0.3 is 0 Å². The predicted octanol–water partition coefficient (Wildman–Crippen LogP) is 1.60. The zero-order chi connectivity index (χ0) is 14.3. The largest absolute Gasteiger partial charge is 0.355 e. The lowest BCUT2D eigenvalue weighted by Gasteiger charge is -2.32. The van der Waals surface area contributed by atoms with Crippen LogP contribution < -0.4 is 11.1 Å². The molecule has 1 heterocycles. The van der Waals surface area contributed by atoms with E-state index in [1.165, 1.54) is 19.3 Å². The van der Waals surface area contributed by atoms with Gasteiger partial charge in [-0.3, -0.25) is 4.79 Å². The van der Waals surface area contributed by atoms with Crippen LogP contribution >= 0.6 is 0 Å². The molecule has 1 aliphatic heterocycles. The predicted molar refractivity (Wildman–Crippen MR) is 79.9 cm³/mol. The van der Waals surface area contributed by atoms with Crippen molar-refractivity contribution in [1.82, 2.24) is 10.2 Å². The van der Waals surface area contributed by atoms with E-state index in [1.54, 1.807) is 0 Å². The minimum absolute atomic E-state index is 0.162. The summed E-state index contributed by atoms with van der Waals surface area (Å²) in [6, 6.07) is 0.513. The van der Waals surface area contributed by atoms with E-state index in [2.05, 4.69) is 31.1 Å². The first-order valence-corrected chi connectivity index (χ1v) is 7.70. The van der Waals surface area contributed by atoms with E-state index in [-0.39, 0.29) is 5.91 Å². The Morgan fingerprint density at radius 1 is 1.42 bits per heavy atom. The number of nitrogens with zero attached hydrogens (tertiary/aromatic N) is 1. The van der Waals surface area contributed by atoms with Crippen molar-refractivity contribution in [3.8, 4) is 0 Å². The average molecular weight is 269 g/mol. The Morgan fingerprint density at radius 3 is 2.74 bits per heavy atom. The van der Waals surface area contributed by atoms with E-state index in [4.69, 9.17) is 5.73 Å². The summed E-state index contributed by atoms with van der Waals surface area (Å²) in [6.07, 6.45) is 5.37. The molecule has 0 aromatic heterocycles. The molecule has 0 radical (unpaired) electrons. The van der Waals surface area contributed by atoms with Crippen LogP contribution in [0, 0.1) is 11.8 Å². The molecule has 1 rings (SSSR count). The number of piperidine rings is 1. The Morgan fingerprint density at radius 2 is 2.16 bits per heavy atom.